The molecular weight excluding hydrogens is 392 g/mol. The van der Waals surface area contributed by atoms with Crippen molar-refractivity contribution in [3.63, 3.8) is 0 Å². The van der Waals surface area contributed by atoms with Crippen molar-refractivity contribution in [3.05, 3.63) is 56.6 Å². The first-order valence-electron chi connectivity index (χ1n) is 7.90. The molecule has 0 bridgehead atoms. The van der Waals surface area contributed by atoms with Gasteiger partial charge in [-0.05, 0) is 30.7 Å². The van der Waals surface area contributed by atoms with E-state index in [1.54, 1.807) is 13.0 Å². The normalized spacial score (nSPS) is 10.1. The van der Waals surface area contributed by atoms with Crippen LogP contribution in [0.2, 0.25) is 5.02 Å². The average molecular weight is 409 g/mol. The molecule has 0 spiro atoms. The van der Waals surface area contributed by atoms with Crippen molar-refractivity contribution in [2.24, 2.45) is 0 Å². The van der Waals surface area contributed by atoms with E-state index in [0.717, 1.165) is 0 Å². The molecule has 1 N–H and O–H groups in total. The number of halogens is 1. The molecule has 0 fully saturated rings. The van der Waals surface area contributed by atoms with Crippen molar-refractivity contribution < 1.29 is 28.7 Å². The van der Waals surface area contributed by atoms with Gasteiger partial charge in [-0.2, -0.15) is 0 Å². The number of nitrogens with zero attached hydrogens (tertiary/aromatic N) is 1. The molecule has 0 atom stereocenters. The molecule has 0 aromatic heterocycles. The molecule has 0 saturated carbocycles. The van der Waals surface area contributed by atoms with Crippen LogP contribution in [0.25, 0.3) is 0 Å². The number of hydrogen-bond donors (Lipinski definition) is 1. The fraction of sp³-hybridized carbons (Fsp3) is 0.222. The third kappa shape index (κ3) is 4.89. The fourth-order valence-electron chi connectivity index (χ4n) is 2.35. The third-order valence-corrected chi connectivity index (χ3v) is 3.95. The van der Waals surface area contributed by atoms with Gasteiger partial charge < -0.3 is 19.5 Å². The molecule has 0 unspecified atom stereocenters. The van der Waals surface area contributed by atoms with Gasteiger partial charge in [-0.25, -0.2) is 4.79 Å². The molecule has 0 saturated heterocycles. The van der Waals surface area contributed by atoms with Crippen molar-refractivity contribution in [1.29, 1.82) is 0 Å². The molecular formula is C18H17ClN2O7. The zero-order valence-corrected chi connectivity index (χ0v) is 16.0. The lowest BCUT2D eigenvalue weighted by molar-refractivity contribution is -0.385. The lowest BCUT2D eigenvalue weighted by Gasteiger charge is -2.12. The second kappa shape index (κ2) is 9.05. The Bertz CT molecular complexity index is 930. The topological polar surface area (TPSA) is 117 Å². The van der Waals surface area contributed by atoms with Gasteiger partial charge in [-0.1, -0.05) is 11.6 Å². The molecule has 10 heteroatoms. The second-order valence-corrected chi connectivity index (χ2v) is 6.00. The molecule has 0 aliphatic heterocycles. The highest BCUT2D eigenvalue weighted by atomic mass is 35.5. The summed E-state index contributed by atoms with van der Waals surface area (Å²) in [7, 11) is 2.67. The van der Waals surface area contributed by atoms with Gasteiger partial charge in [0.15, 0.2) is 12.4 Å². The maximum absolute atomic E-state index is 12.2. The van der Waals surface area contributed by atoms with E-state index >= 15 is 0 Å². The van der Waals surface area contributed by atoms with Crippen LogP contribution in [0, 0.1) is 17.0 Å². The molecule has 2 aromatic carbocycles. The molecule has 148 valence electrons. The van der Waals surface area contributed by atoms with Gasteiger partial charge in [0.25, 0.3) is 5.91 Å². The first-order chi connectivity index (χ1) is 13.3. The van der Waals surface area contributed by atoms with E-state index in [2.05, 4.69) is 5.32 Å². The SMILES string of the molecule is COc1ccc(Cl)cc1C(=O)OCC(=O)Nc1cc(OC)c([N+](=O)[O-])cc1C. The summed E-state index contributed by atoms with van der Waals surface area (Å²) in [5, 5.41) is 13.8. The summed E-state index contributed by atoms with van der Waals surface area (Å²) in [5.41, 5.74) is 0.598. The first kappa shape index (κ1) is 21.0. The van der Waals surface area contributed by atoms with Crippen LogP contribution >= 0.6 is 11.6 Å². The Morgan fingerprint density at radius 3 is 2.43 bits per heavy atom. The molecule has 0 heterocycles. The highest BCUT2D eigenvalue weighted by molar-refractivity contribution is 6.31. The van der Waals surface area contributed by atoms with E-state index in [1.165, 1.54) is 38.5 Å². The number of benzene rings is 2. The van der Waals surface area contributed by atoms with E-state index in [1.807, 2.05) is 0 Å². The van der Waals surface area contributed by atoms with Crippen LogP contribution in [0.5, 0.6) is 11.5 Å². The summed E-state index contributed by atoms with van der Waals surface area (Å²) in [5.74, 6) is -1.17. The monoisotopic (exact) mass is 408 g/mol. The Balaban J connectivity index is 2.08. The Kier molecular flexibility index (Phi) is 6.78. The van der Waals surface area contributed by atoms with Crippen LogP contribution in [0.15, 0.2) is 30.3 Å². The van der Waals surface area contributed by atoms with Gasteiger partial charge in [0.1, 0.15) is 11.3 Å². The van der Waals surface area contributed by atoms with E-state index < -0.39 is 23.4 Å². The second-order valence-electron chi connectivity index (χ2n) is 5.57. The standard InChI is InChI=1S/C18H17ClN2O7/c1-10-6-14(21(24)25)16(27-3)8-13(10)20-17(22)9-28-18(23)12-7-11(19)4-5-15(12)26-2/h4-8H,9H2,1-3H3,(H,20,22). The average Bonchev–Trinajstić information content (AvgIpc) is 2.67. The number of amides is 1. The Hall–Kier alpha value is -3.33. The summed E-state index contributed by atoms with van der Waals surface area (Å²) >= 11 is 5.87. The minimum Gasteiger partial charge on any atom is -0.496 e. The molecule has 1 amide bonds. The Morgan fingerprint density at radius 1 is 1.14 bits per heavy atom. The highest BCUT2D eigenvalue weighted by Gasteiger charge is 2.20. The van der Waals surface area contributed by atoms with Crippen molar-refractivity contribution >= 4 is 34.9 Å². The van der Waals surface area contributed by atoms with Crippen LogP contribution in [0.1, 0.15) is 15.9 Å². The summed E-state index contributed by atoms with van der Waals surface area (Å²) in [6.07, 6.45) is 0. The minimum atomic E-state index is -0.785. The number of carbonyl (C=O) groups excluding carboxylic acids is 2. The van der Waals surface area contributed by atoms with Gasteiger partial charge in [-0.15, -0.1) is 0 Å². The molecule has 0 aliphatic carbocycles. The molecule has 0 aliphatic rings. The van der Waals surface area contributed by atoms with Gasteiger partial charge in [0.2, 0.25) is 0 Å². The maximum atomic E-state index is 12.2. The van der Waals surface area contributed by atoms with E-state index in [0.29, 0.717) is 16.3 Å². The summed E-state index contributed by atoms with van der Waals surface area (Å²) in [4.78, 5) is 34.7. The van der Waals surface area contributed by atoms with Gasteiger partial charge in [-0.3, -0.25) is 14.9 Å². The number of methoxy groups -OCH3 is 2. The van der Waals surface area contributed by atoms with Crippen molar-refractivity contribution in [2.75, 3.05) is 26.1 Å². The minimum absolute atomic E-state index is 0.00782. The zero-order valence-electron chi connectivity index (χ0n) is 15.3. The summed E-state index contributed by atoms with van der Waals surface area (Å²) in [6.45, 7) is 1.01. The molecule has 28 heavy (non-hydrogen) atoms. The van der Waals surface area contributed by atoms with Crippen LogP contribution < -0.4 is 14.8 Å². The number of rotatable bonds is 7. The Labute approximate surface area is 165 Å². The number of nitro benzene ring substituents is 1. The van der Waals surface area contributed by atoms with Gasteiger partial charge in [0.05, 0.1) is 19.1 Å². The van der Waals surface area contributed by atoms with Crippen molar-refractivity contribution in [3.8, 4) is 11.5 Å². The fourth-order valence-corrected chi connectivity index (χ4v) is 2.52. The number of ether oxygens (including phenoxy) is 3. The summed E-state index contributed by atoms with van der Waals surface area (Å²) < 4.78 is 15.0. The van der Waals surface area contributed by atoms with Crippen LogP contribution in [-0.2, 0) is 9.53 Å². The van der Waals surface area contributed by atoms with Crippen LogP contribution in [0.4, 0.5) is 11.4 Å². The smallest absolute Gasteiger partial charge is 0.342 e. The Morgan fingerprint density at radius 2 is 1.82 bits per heavy atom. The number of esters is 1. The van der Waals surface area contributed by atoms with Crippen molar-refractivity contribution in [1.82, 2.24) is 0 Å². The molecule has 2 rings (SSSR count). The zero-order chi connectivity index (χ0) is 20.8. The lowest BCUT2D eigenvalue weighted by Crippen LogP contribution is -2.21. The number of hydrogen-bond acceptors (Lipinski definition) is 7. The number of nitrogens with one attached hydrogen (secondary N) is 1. The van der Waals surface area contributed by atoms with Gasteiger partial charge in [0, 0.05) is 22.8 Å². The van der Waals surface area contributed by atoms with Gasteiger partial charge >= 0.3 is 11.7 Å². The molecule has 0 radical (unpaired) electrons. The van der Waals surface area contributed by atoms with Crippen LogP contribution in [0.3, 0.4) is 0 Å². The predicted octanol–water partition coefficient (Wildman–Crippen LogP) is 3.37. The van der Waals surface area contributed by atoms with E-state index in [9.17, 15) is 19.7 Å². The molecule has 9 nitrogen and oxygen atoms in total. The van der Waals surface area contributed by atoms with E-state index in [-0.39, 0.29) is 22.7 Å². The predicted molar refractivity (Wildman–Crippen MR) is 101 cm³/mol. The number of carbonyl (C=O) groups is 2. The third-order valence-electron chi connectivity index (χ3n) is 3.71. The first-order valence-corrected chi connectivity index (χ1v) is 8.28. The van der Waals surface area contributed by atoms with E-state index in [4.69, 9.17) is 25.8 Å². The quantitative estimate of drug-likeness (QED) is 0.424. The largest absolute Gasteiger partial charge is 0.496 e. The van der Waals surface area contributed by atoms with Crippen LogP contribution in [-0.4, -0.2) is 37.6 Å². The number of aryl methyl sites for hydroxylation is 1. The number of anilines is 1. The highest BCUT2D eigenvalue weighted by Crippen LogP contribution is 2.32. The lowest BCUT2D eigenvalue weighted by atomic mass is 10.1. The summed E-state index contributed by atoms with van der Waals surface area (Å²) in [6, 6.07) is 7.02. The maximum Gasteiger partial charge on any atom is 0.342 e. The van der Waals surface area contributed by atoms with Crippen molar-refractivity contribution in [2.45, 2.75) is 6.92 Å². The number of nitro groups is 1. The molecule has 2 aromatic rings.